The van der Waals surface area contributed by atoms with Gasteiger partial charge in [0, 0.05) is 10.9 Å². The highest BCUT2D eigenvalue weighted by atomic mass is 35.5. The van der Waals surface area contributed by atoms with Crippen LogP contribution in [0.15, 0.2) is 18.2 Å². The fraction of sp³-hybridized carbons (Fsp3) is 0.500. The molecule has 3 rings (SSSR count). The maximum absolute atomic E-state index is 14.2. The van der Waals surface area contributed by atoms with E-state index in [-0.39, 0.29) is 10.7 Å². The summed E-state index contributed by atoms with van der Waals surface area (Å²) in [5.74, 6) is -1.54. The molecule has 1 heterocycles. The maximum atomic E-state index is 14.2. The number of amides is 1. The molecule has 1 amide bonds. The van der Waals surface area contributed by atoms with E-state index in [1.165, 1.54) is 12.1 Å². The van der Waals surface area contributed by atoms with Gasteiger partial charge in [-0.15, -0.1) is 11.6 Å². The van der Waals surface area contributed by atoms with Gasteiger partial charge in [0.25, 0.3) is 5.91 Å². The number of carbonyl (C=O) groups excluding carboxylic acids is 1. The summed E-state index contributed by atoms with van der Waals surface area (Å²) in [6, 6.07) is 4.00. The number of hydrogen-bond donors (Lipinski definition) is 0. The second kappa shape index (κ2) is 5.16. The van der Waals surface area contributed by atoms with Crippen molar-refractivity contribution >= 4 is 58.0 Å². The zero-order chi connectivity index (χ0) is 15.4. The summed E-state index contributed by atoms with van der Waals surface area (Å²) in [5, 5.41) is 0.232. The summed E-state index contributed by atoms with van der Waals surface area (Å²) in [4.78, 5) is 12.7. The van der Waals surface area contributed by atoms with Gasteiger partial charge in [-0.2, -0.15) is 0 Å². The minimum absolute atomic E-state index is 0.00354. The van der Waals surface area contributed by atoms with Crippen LogP contribution in [0.5, 0.6) is 0 Å². The van der Waals surface area contributed by atoms with Crippen molar-refractivity contribution in [1.29, 1.82) is 0 Å². The molecule has 0 aromatic heterocycles. The first-order valence-electron chi connectivity index (χ1n) is 6.65. The number of rotatable bonds is 1. The Morgan fingerprint density at radius 2 is 1.95 bits per heavy atom. The SMILES string of the molecule is O=C1N(c2ccc(Cl)cc2F)C(Cl)(Cl)C2CCCCC12Cl. The van der Waals surface area contributed by atoms with E-state index >= 15 is 0 Å². The van der Waals surface area contributed by atoms with Gasteiger partial charge < -0.3 is 0 Å². The van der Waals surface area contributed by atoms with Gasteiger partial charge in [0.1, 0.15) is 10.7 Å². The van der Waals surface area contributed by atoms with Crippen molar-refractivity contribution in [2.75, 3.05) is 4.90 Å². The third-order valence-corrected chi connectivity index (χ3v) is 5.98. The van der Waals surface area contributed by atoms with Crippen molar-refractivity contribution < 1.29 is 9.18 Å². The molecule has 0 N–H and O–H groups in total. The number of carbonyl (C=O) groups is 1. The quantitative estimate of drug-likeness (QED) is 0.496. The van der Waals surface area contributed by atoms with Gasteiger partial charge >= 0.3 is 0 Å². The lowest BCUT2D eigenvalue weighted by Gasteiger charge is -2.34. The summed E-state index contributed by atoms with van der Waals surface area (Å²) in [7, 11) is 0. The second-order valence-electron chi connectivity index (χ2n) is 5.48. The molecule has 21 heavy (non-hydrogen) atoms. The molecule has 1 aliphatic heterocycles. The molecule has 1 saturated carbocycles. The molecule has 0 radical (unpaired) electrons. The molecule has 1 aliphatic carbocycles. The van der Waals surface area contributed by atoms with E-state index in [1.807, 2.05) is 0 Å². The molecule has 7 heteroatoms. The van der Waals surface area contributed by atoms with Gasteiger partial charge in [-0.3, -0.25) is 9.69 Å². The Hall–Kier alpha value is -0.220. The van der Waals surface area contributed by atoms with Crippen molar-refractivity contribution in [1.82, 2.24) is 0 Å². The van der Waals surface area contributed by atoms with Crippen LogP contribution in [0, 0.1) is 11.7 Å². The van der Waals surface area contributed by atoms with Crippen molar-refractivity contribution in [2.45, 2.75) is 35.0 Å². The first-order valence-corrected chi connectivity index (χ1v) is 8.16. The summed E-state index contributed by atoms with van der Waals surface area (Å²) in [6.45, 7) is 0. The number of nitrogens with zero attached hydrogens (tertiary/aromatic N) is 1. The highest BCUT2D eigenvalue weighted by Crippen LogP contribution is 2.58. The Morgan fingerprint density at radius 3 is 2.57 bits per heavy atom. The molecule has 1 aromatic carbocycles. The second-order valence-corrected chi connectivity index (χ2v) is 7.94. The zero-order valence-electron chi connectivity index (χ0n) is 10.9. The summed E-state index contributed by atoms with van der Waals surface area (Å²) in [6.07, 6.45) is 2.84. The normalized spacial score (nSPS) is 31.4. The Bertz CT molecular complexity index is 609. The molecule has 1 saturated heterocycles. The molecular weight excluding hydrogens is 359 g/mol. The number of fused-ring (bicyclic) bond motifs is 1. The monoisotopic (exact) mass is 369 g/mol. The number of hydrogen-bond acceptors (Lipinski definition) is 1. The molecule has 2 unspecified atom stereocenters. The standard InChI is InChI=1S/C14H12Cl4FNO/c15-8-4-5-10(9(19)7-8)20-12(21)13(16)6-2-1-3-11(13)14(20,17)18/h4-5,7,11H,1-3,6H2. The average Bonchev–Trinajstić information content (AvgIpc) is 2.56. The molecule has 2 atom stereocenters. The predicted octanol–water partition coefficient (Wildman–Crippen LogP) is 5.12. The maximum Gasteiger partial charge on any atom is 0.251 e. The first kappa shape index (κ1) is 15.7. The topological polar surface area (TPSA) is 20.3 Å². The van der Waals surface area contributed by atoms with Gasteiger partial charge in [0.2, 0.25) is 4.46 Å². The van der Waals surface area contributed by atoms with Gasteiger partial charge in [-0.05, 0) is 31.0 Å². The van der Waals surface area contributed by atoms with E-state index in [9.17, 15) is 9.18 Å². The van der Waals surface area contributed by atoms with Gasteiger partial charge in [-0.25, -0.2) is 4.39 Å². The van der Waals surface area contributed by atoms with Crippen LogP contribution in [0.2, 0.25) is 5.02 Å². The summed E-state index contributed by atoms with van der Waals surface area (Å²) in [5.41, 5.74) is 0.00354. The van der Waals surface area contributed by atoms with E-state index in [2.05, 4.69) is 0 Å². The zero-order valence-corrected chi connectivity index (χ0v) is 13.9. The lowest BCUT2D eigenvalue weighted by Crippen LogP contribution is -2.40. The minimum Gasteiger partial charge on any atom is -0.275 e. The molecule has 2 fully saturated rings. The molecule has 2 nitrogen and oxygen atoms in total. The highest BCUT2D eigenvalue weighted by Gasteiger charge is 2.66. The van der Waals surface area contributed by atoms with Gasteiger partial charge in [0.05, 0.1) is 5.69 Å². The Morgan fingerprint density at radius 1 is 1.24 bits per heavy atom. The van der Waals surface area contributed by atoms with Crippen LogP contribution in [0.1, 0.15) is 25.7 Å². The van der Waals surface area contributed by atoms with Crippen molar-refractivity contribution in [3.63, 3.8) is 0 Å². The van der Waals surface area contributed by atoms with Crippen LogP contribution >= 0.6 is 46.4 Å². The highest BCUT2D eigenvalue weighted by molar-refractivity contribution is 6.55. The van der Waals surface area contributed by atoms with E-state index in [0.717, 1.165) is 23.8 Å². The lowest BCUT2D eigenvalue weighted by molar-refractivity contribution is -0.120. The largest absolute Gasteiger partial charge is 0.275 e. The summed E-state index contributed by atoms with van der Waals surface area (Å²) < 4.78 is 12.6. The number of benzene rings is 1. The lowest BCUT2D eigenvalue weighted by atomic mass is 9.80. The van der Waals surface area contributed by atoms with E-state index in [0.29, 0.717) is 12.8 Å². The van der Waals surface area contributed by atoms with Gasteiger partial charge in [0.15, 0.2) is 0 Å². The van der Waals surface area contributed by atoms with Crippen LogP contribution in [0.3, 0.4) is 0 Å². The molecule has 0 bridgehead atoms. The number of halogens is 5. The van der Waals surface area contributed by atoms with E-state index in [1.54, 1.807) is 0 Å². The Kier molecular flexibility index (Phi) is 3.85. The van der Waals surface area contributed by atoms with Crippen LogP contribution < -0.4 is 4.90 Å². The molecule has 114 valence electrons. The van der Waals surface area contributed by atoms with Crippen LogP contribution in [0.4, 0.5) is 10.1 Å². The Labute approximate surface area is 142 Å². The smallest absolute Gasteiger partial charge is 0.251 e. The van der Waals surface area contributed by atoms with Gasteiger partial charge in [-0.1, -0.05) is 47.6 Å². The van der Waals surface area contributed by atoms with Crippen LogP contribution in [-0.2, 0) is 4.79 Å². The molecule has 1 aromatic rings. The molecular formula is C14H12Cl4FNO. The number of alkyl halides is 3. The molecule has 2 aliphatic rings. The summed E-state index contributed by atoms with van der Waals surface area (Å²) >= 11 is 25.1. The minimum atomic E-state index is -1.56. The fourth-order valence-corrected chi connectivity index (χ4v) is 4.93. The molecule has 0 spiro atoms. The fourth-order valence-electron chi connectivity index (χ4n) is 3.25. The van der Waals surface area contributed by atoms with Crippen molar-refractivity contribution in [3.8, 4) is 0 Å². The van der Waals surface area contributed by atoms with Crippen LogP contribution in [0.25, 0.3) is 0 Å². The number of anilines is 1. The third-order valence-electron chi connectivity index (χ3n) is 4.26. The third kappa shape index (κ3) is 2.24. The van der Waals surface area contributed by atoms with E-state index < -0.39 is 27.0 Å². The van der Waals surface area contributed by atoms with E-state index in [4.69, 9.17) is 46.4 Å². The predicted molar refractivity (Wildman–Crippen MR) is 83.9 cm³/mol. The van der Waals surface area contributed by atoms with Crippen molar-refractivity contribution in [2.24, 2.45) is 5.92 Å². The average molecular weight is 371 g/mol. The van der Waals surface area contributed by atoms with Crippen molar-refractivity contribution in [3.05, 3.63) is 29.0 Å². The van der Waals surface area contributed by atoms with Crippen LogP contribution in [-0.4, -0.2) is 15.2 Å². The Balaban J connectivity index is 2.12. The first-order chi connectivity index (χ1) is 9.78.